The van der Waals surface area contributed by atoms with Crippen molar-refractivity contribution in [3.05, 3.63) is 70.1 Å². The smallest absolute Gasteiger partial charge is 0.321 e. The van der Waals surface area contributed by atoms with Gasteiger partial charge in [0.25, 0.3) is 5.91 Å². The van der Waals surface area contributed by atoms with Crippen LogP contribution >= 0.6 is 22.9 Å². The topological polar surface area (TPSA) is 96.7 Å². The van der Waals surface area contributed by atoms with Gasteiger partial charge in [-0.15, -0.1) is 15.7 Å². The van der Waals surface area contributed by atoms with Crippen molar-refractivity contribution in [3.8, 4) is 10.6 Å². The average Bonchev–Trinajstić information content (AvgIpc) is 3.35. The van der Waals surface area contributed by atoms with E-state index in [-0.39, 0.29) is 22.1 Å². The second-order valence-corrected chi connectivity index (χ2v) is 9.66. The number of hydrogen-bond acceptors (Lipinski definition) is 5. The van der Waals surface area contributed by atoms with E-state index in [2.05, 4.69) is 14.8 Å². The molecule has 1 aromatic carbocycles. The van der Waals surface area contributed by atoms with Crippen molar-refractivity contribution in [2.45, 2.75) is 0 Å². The highest BCUT2D eigenvalue weighted by atomic mass is 35.5. The number of benzene rings is 1. The Bertz CT molecular complexity index is 1360. The zero-order chi connectivity index (χ0) is 22.3. The summed E-state index contributed by atoms with van der Waals surface area (Å²) < 4.78 is 44.8. The summed E-state index contributed by atoms with van der Waals surface area (Å²) >= 11 is 7.07. The van der Waals surface area contributed by atoms with Crippen molar-refractivity contribution in [1.29, 1.82) is 0 Å². The van der Waals surface area contributed by atoms with Crippen LogP contribution in [0.1, 0.15) is 4.88 Å². The first-order valence-electron chi connectivity index (χ1n) is 8.81. The minimum atomic E-state index is -4.12. The number of carbonyl (C=O) groups is 1. The number of aryl methyl sites for hydroxylation is 1. The maximum absolute atomic E-state index is 13.4. The maximum Gasteiger partial charge on any atom is 0.345 e. The lowest BCUT2D eigenvalue weighted by molar-refractivity contribution is -0.113. The van der Waals surface area contributed by atoms with E-state index in [1.54, 1.807) is 24.0 Å². The van der Waals surface area contributed by atoms with E-state index in [1.165, 1.54) is 36.6 Å². The van der Waals surface area contributed by atoms with Crippen LogP contribution in [0.15, 0.2) is 58.8 Å². The number of rotatable bonds is 4. The van der Waals surface area contributed by atoms with Crippen molar-refractivity contribution in [1.82, 2.24) is 14.1 Å². The first kappa shape index (κ1) is 21.2. The summed E-state index contributed by atoms with van der Waals surface area (Å²) in [7, 11) is -1.09. The summed E-state index contributed by atoms with van der Waals surface area (Å²) in [6.45, 7) is 0. The van der Waals surface area contributed by atoms with Crippen molar-refractivity contribution in [3.63, 3.8) is 0 Å². The summed E-state index contributed by atoms with van der Waals surface area (Å²) in [6, 6.07) is 9.07. The van der Waals surface area contributed by atoms with E-state index in [9.17, 15) is 17.6 Å². The fourth-order valence-corrected chi connectivity index (χ4v) is 5.05. The molecule has 0 bridgehead atoms. The van der Waals surface area contributed by atoms with Gasteiger partial charge in [0.1, 0.15) is 11.5 Å². The fraction of sp³-hybridized carbons (Fsp3) is 0.105. The molecule has 2 aromatic heterocycles. The minimum Gasteiger partial charge on any atom is -0.321 e. The number of carbonyl (C=O) groups excluding carboxylic acids is 1. The lowest BCUT2D eigenvalue weighted by Gasteiger charge is -2.23. The molecule has 31 heavy (non-hydrogen) atoms. The molecule has 1 aliphatic heterocycles. The molecule has 0 unspecified atom stereocenters. The highest BCUT2D eigenvalue weighted by molar-refractivity contribution is 7.88. The quantitative estimate of drug-likeness (QED) is 0.619. The van der Waals surface area contributed by atoms with Gasteiger partial charge in [0.15, 0.2) is 0 Å². The maximum atomic E-state index is 13.4. The van der Waals surface area contributed by atoms with Gasteiger partial charge >= 0.3 is 10.2 Å². The number of hydrogen-bond donors (Lipinski definition) is 1. The lowest BCUT2D eigenvalue weighted by Crippen LogP contribution is -2.35. The second-order valence-electron chi connectivity index (χ2n) is 6.54. The molecule has 0 saturated carbocycles. The first-order valence-corrected chi connectivity index (χ1v) is 11.4. The van der Waals surface area contributed by atoms with Gasteiger partial charge in [-0.05, 0) is 42.5 Å². The minimum absolute atomic E-state index is 0.138. The molecule has 4 rings (SSSR count). The molecule has 12 heteroatoms. The van der Waals surface area contributed by atoms with Gasteiger partial charge in [0.2, 0.25) is 0 Å². The third-order valence-electron chi connectivity index (χ3n) is 4.51. The molecule has 3 heterocycles. The highest BCUT2D eigenvalue weighted by Crippen LogP contribution is 2.30. The van der Waals surface area contributed by atoms with Crippen LogP contribution in [0, 0.1) is 5.82 Å². The lowest BCUT2D eigenvalue weighted by atomic mass is 10.2. The number of halogens is 2. The van der Waals surface area contributed by atoms with Crippen molar-refractivity contribution >= 4 is 50.5 Å². The molecule has 1 amide bonds. The summed E-state index contributed by atoms with van der Waals surface area (Å²) in [5.41, 5.74) is 1.09. The summed E-state index contributed by atoms with van der Waals surface area (Å²) in [6.07, 6.45) is 3.05. The largest absolute Gasteiger partial charge is 0.345 e. The summed E-state index contributed by atoms with van der Waals surface area (Å²) in [5, 5.41) is 6.49. The van der Waals surface area contributed by atoms with Crippen molar-refractivity contribution in [2.24, 2.45) is 11.4 Å². The number of thiophene rings is 1. The van der Waals surface area contributed by atoms with Crippen LogP contribution in [0.25, 0.3) is 10.6 Å². The number of likely N-dealkylation sites (N-methyl/N-ethyl adjacent to an activating group) is 1. The van der Waals surface area contributed by atoms with Crippen LogP contribution in [0.5, 0.6) is 0 Å². The fourth-order valence-electron chi connectivity index (χ4n) is 2.88. The first-order chi connectivity index (χ1) is 14.7. The van der Waals surface area contributed by atoms with E-state index in [1.807, 2.05) is 12.1 Å². The van der Waals surface area contributed by atoms with Crippen LogP contribution in [0.2, 0.25) is 5.02 Å². The van der Waals surface area contributed by atoms with Gasteiger partial charge in [-0.2, -0.15) is 13.5 Å². The number of allylic oxidation sites excluding steroid dienone is 1. The van der Waals surface area contributed by atoms with Crippen LogP contribution in [0.4, 0.5) is 10.1 Å². The molecule has 1 N–H and O–H groups in total. The van der Waals surface area contributed by atoms with Crippen molar-refractivity contribution < 1.29 is 17.6 Å². The van der Waals surface area contributed by atoms with E-state index < -0.39 is 21.9 Å². The number of amides is 1. The van der Waals surface area contributed by atoms with Crippen LogP contribution in [0.3, 0.4) is 0 Å². The highest BCUT2D eigenvalue weighted by Gasteiger charge is 2.30. The van der Waals surface area contributed by atoms with Crippen molar-refractivity contribution in [2.75, 3.05) is 12.4 Å². The Morgan fingerprint density at radius 1 is 1.16 bits per heavy atom. The predicted molar refractivity (Wildman–Crippen MR) is 118 cm³/mol. The zero-order valence-corrected chi connectivity index (χ0v) is 18.6. The molecule has 0 aliphatic carbocycles. The molecule has 0 fully saturated rings. The molecule has 0 atom stereocenters. The normalized spacial score (nSPS) is 15.4. The molecule has 8 nitrogen and oxygen atoms in total. The van der Waals surface area contributed by atoms with Gasteiger partial charge in [0, 0.05) is 26.0 Å². The van der Waals surface area contributed by atoms with Crippen LogP contribution < -0.4 is 5.32 Å². The number of anilines is 1. The average molecular weight is 480 g/mol. The zero-order valence-electron chi connectivity index (χ0n) is 16.2. The Morgan fingerprint density at radius 2 is 1.90 bits per heavy atom. The van der Waals surface area contributed by atoms with Gasteiger partial charge in [-0.1, -0.05) is 11.6 Å². The standard InChI is InChI=1S/C19H15ClFN5O3S2/c1-25-15(7-8-22-25)18-6-5-17(30-18)14-10-16(26(2)31(28,29)24-14)19(27)23-11-3-4-13(21)12(20)9-11/h3-10H,1-2H3,(H,23,27). The van der Waals surface area contributed by atoms with E-state index >= 15 is 0 Å². The molecular weight excluding hydrogens is 465 g/mol. The number of nitrogens with one attached hydrogen (secondary N) is 1. The Labute approximate surface area is 186 Å². The molecule has 0 radical (unpaired) electrons. The van der Waals surface area contributed by atoms with Crippen LogP contribution in [-0.2, 0) is 22.1 Å². The molecule has 0 spiro atoms. The van der Waals surface area contributed by atoms with E-state index in [4.69, 9.17) is 11.6 Å². The molecular formula is C19H15ClFN5O3S2. The monoisotopic (exact) mass is 479 g/mol. The SMILES string of the molecule is CN1C(C(=O)Nc2ccc(F)c(Cl)c2)=CC(c2ccc(-c3ccnn3C)s2)=NS1(=O)=O. The Morgan fingerprint density at radius 3 is 2.58 bits per heavy atom. The number of aromatic nitrogens is 2. The Kier molecular flexibility index (Phi) is 5.42. The third kappa shape index (κ3) is 4.11. The van der Waals surface area contributed by atoms with Gasteiger partial charge in [-0.3, -0.25) is 9.48 Å². The summed E-state index contributed by atoms with van der Waals surface area (Å²) in [5.74, 6) is -1.34. The molecule has 160 valence electrons. The van der Waals surface area contributed by atoms with Crippen LogP contribution in [-0.4, -0.2) is 41.2 Å². The predicted octanol–water partition coefficient (Wildman–Crippen LogP) is 3.44. The number of nitrogens with zero attached hydrogens (tertiary/aromatic N) is 4. The Balaban J connectivity index is 1.67. The molecule has 0 saturated heterocycles. The third-order valence-corrected chi connectivity index (χ3v) is 7.25. The van der Waals surface area contributed by atoms with E-state index in [0.717, 1.165) is 20.9 Å². The second kappa shape index (κ2) is 7.91. The summed E-state index contributed by atoms with van der Waals surface area (Å²) in [4.78, 5) is 14.2. The van der Waals surface area contributed by atoms with E-state index in [0.29, 0.717) is 4.88 Å². The van der Waals surface area contributed by atoms with Gasteiger partial charge in [0.05, 0.1) is 26.2 Å². The van der Waals surface area contributed by atoms with Gasteiger partial charge < -0.3 is 5.32 Å². The molecule has 3 aromatic rings. The Hall–Kier alpha value is -3.02. The van der Waals surface area contributed by atoms with Gasteiger partial charge in [-0.25, -0.2) is 8.70 Å². The molecule has 1 aliphatic rings.